The minimum absolute atomic E-state index is 0.0908. The van der Waals surface area contributed by atoms with E-state index in [9.17, 15) is 4.79 Å². The number of ether oxygens (including phenoxy) is 1. The van der Waals surface area contributed by atoms with Crippen molar-refractivity contribution in [2.24, 2.45) is 0 Å². The highest BCUT2D eigenvalue weighted by Crippen LogP contribution is 2.24. The minimum atomic E-state index is -0.0908. The summed E-state index contributed by atoms with van der Waals surface area (Å²) in [6.07, 6.45) is 11.9. The molecule has 1 aromatic carbocycles. The number of halogens is 2. The van der Waals surface area contributed by atoms with E-state index >= 15 is 0 Å². The van der Waals surface area contributed by atoms with E-state index in [-0.39, 0.29) is 5.97 Å². The van der Waals surface area contributed by atoms with Crippen molar-refractivity contribution in [3.63, 3.8) is 0 Å². The maximum atomic E-state index is 11.7. The quantitative estimate of drug-likeness (QED) is 0.250. The normalized spacial score (nSPS) is 10.7. The fraction of sp³-hybridized carbons (Fsp3) is 0.632. The molecule has 0 heterocycles. The Balaban J connectivity index is 2.01. The second-order valence-corrected chi connectivity index (χ2v) is 7.70. The molecule has 1 rings (SSSR count). The van der Waals surface area contributed by atoms with Crippen LogP contribution in [0.1, 0.15) is 76.7 Å². The van der Waals surface area contributed by atoms with Crippen LogP contribution in [0.3, 0.4) is 0 Å². The van der Waals surface area contributed by atoms with Gasteiger partial charge in [0.05, 0.1) is 0 Å². The van der Waals surface area contributed by atoms with E-state index in [4.69, 9.17) is 4.74 Å². The Labute approximate surface area is 157 Å². The van der Waals surface area contributed by atoms with Gasteiger partial charge in [0.2, 0.25) is 0 Å². The molecule has 0 saturated carbocycles. The van der Waals surface area contributed by atoms with Crippen molar-refractivity contribution >= 4 is 37.8 Å². The summed E-state index contributed by atoms with van der Waals surface area (Å²) >= 11 is 6.88. The standard InChI is InChI=1S/C19H28Br2O2/c1-2-3-4-5-6-7-8-9-10-11-19(22)23-15-16-12-13-17(20)18(21)14-16/h12-14H,2-11,15H2,1H3. The van der Waals surface area contributed by atoms with Crippen molar-refractivity contribution in [2.45, 2.75) is 77.7 Å². The van der Waals surface area contributed by atoms with Crippen molar-refractivity contribution in [3.8, 4) is 0 Å². The number of carbonyl (C=O) groups is 1. The van der Waals surface area contributed by atoms with Crippen molar-refractivity contribution in [2.75, 3.05) is 0 Å². The Bertz CT molecular complexity index is 461. The Hall–Kier alpha value is -0.350. The van der Waals surface area contributed by atoms with Crippen LogP contribution in [0.15, 0.2) is 27.1 Å². The topological polar surface area (TPSA) is 26.3 Å². The van der Waals surface area contributed by atoms with Gasteiger partial charge in [-0.2, -0.15) is 0 Å². The van der Waals surface area contributed by atoms with Crippen LogP contribution in [-0.4, -0.2) is 5.97 Å². The molecule has 0 unspecified atom stereocenters. The van der Waals surface area contributed by atoms with Gasteiger partial charge in [-0.05, 0) is 56.0 Å². The van der Waals surface area contributed by atoms with Crippen molar-refractivity contribution < 1.29 is 9.53 Å². The monoisotopic (exact) mass is 446 g/mol. The first-order valence-electron chi connectivity index (χ1n) is 8.73. The highest BCUT2D eigenvalue weighted by atomic mass is 79.9. The molecule has 1 aromatic rings. The lowest BCUT2D eigenvalue weighted by Gasteiger charge is -2.06. The fourth-order valence-corrected chi connectivity index (χ4v) is 3.12. The second-order valence-electron chi connectivity index (χ2n) is 5.99. The molecule has 0 amide bonds. The van der Waals surface area contributed by atoms with Gasteiger partial charge in [0, 0.05) is 15.4 Å². The number of hydrogen-bond donors (Lipinski definition) is 0. The first kappa shape index (κ1) is 20.7. The third kappa shape index (κ3) is 10.2. The second kappa shape index (κ2) is 13.0. The minimum Gasteiger partial charge on any atom is -0.461 e. The number of benzene rings is 1. The lowest BCUT2D eigenvalue weighted by molar-refractivity contribution is -0.145. The molecule has 0 N–H and O–H groups in total. The van der Waals surface area contributed by atoms with Gasteiger partial charge in [0.1, 0.15) is 6.61 Å². The third-order valence-electron chi connectivity index (χ3n) is 3.87. The summed E-state index contributed by atoms with van der Waals surface area (Å²) in [5, 5.41) is 0. The summed E-state index contributed by atoms with van der Waals surface area (Å²) in [4.78, 5) is 11.7. The zero-order valence-electron chi connectivity index (χ0n) is 14.1. The molecule has 0 aliphatic heterocycles. The van der Waals surface area contributed by atoms with Gasteiger partial charge in [-0.15, -0.1) is 0 Å². The van der Waals surface area contributed by atoms with Crippen LogP contribution in [0.5, 0.6) is 0 Å². The molecule has 23 heavy (non-hydrogen) atoms. The van der Waals surface area contributed by atoms with Crippen LogP contribution < -0.4 is 0 Å². The number of rotatable bonds is 12. The van der Waals surface area contributed by atoms with Crippen LogP contribution in [0.4, 0.5) is 0 Å². The predicted molar refractivity (Wildman–Crippen MR) is 103 cm³/mol. The Morgan fingerprint density at radius 2 is 1.52 bits per heavy atom. The van der Waals surface area contributed by atoms with Crippen LogP contribution in [0, 0.1) is 0 Å². The number of esters is 1. The van der Waals surface area contributed by atoms with Crippen molar-refractivity contribution in [3.05, 3.63) is 32.7 Å². The van der Waals surface area contributed by atoms with E-state index in [2.05, 4.69) is 38.8 Å². The maximum absolute atomic E-state index is 11.7. The van der Waals surface area contributed by atoms with Crippen LogP contribution in [-0.2, 0) is 16.1 Å². The maximum Gasteiger partial charge on any atom is 0.306 e. The lowest BCUT2D eigenvalue weighted by atomic mass is 10.1. The Morgan fingerprint density at radius 3 is 2.13 bits per heavy atom. The molecule has 0 radical (unpaired) electrons. The van der Waals surface area contributed by atoms with E-state index in [1.54, 1.807) is 0 Å². The SMILES string of the molecule is CCCCCCCCCCCC(=O)OCc1ccc(Br)c(Br)c1. The highest BCUT2D eigenvalue weighted by Gasteiger charge is 2.05. The van der Waals surface area contributed by atoms with E-state index in [1.165, 1.54) is 44.9 Å². The number of hydrogen-bond acceptors (Lipinski definition) is 2. The zero-order valence-corrected chi connectivity index (χ0v) is 17.3. The summed E-state index contributed by atoms with van der Waals surface area (Å²) in [6, 6.07) is 5.88. The summed E-state index contributed by atoms with van der Waals surface area (Å²) in [5.74, 6) is -0.0908. The van der Waals surface area contributed by atoms with Gasteiger partial charge in [0.25, 0.3) is 0 Å². The lowest BCUT2D eigenvalue weighted by Crippen LogP contribution is -2.04. The molecule has 130 valence electrons. The van der Waals surface area contributed by atoms with E-state index in [0.717, 1.165) is 27.4 Å². The predicted octanol–water partition coefficient (Wildman–Crippen LogP) is 7.18. The van der Waals surface area contributed by atoms with Gasteiger partial charge >= 0.3 is 5.97 Å². The van der Waals surface area contributed by atoms with Crippen LogP contribution in [0.2, 0.25) is 0 Å². The molecule has 0 atom stereocenters. The Morgan fingerprint density at radius 1 is 0.913 bits per heavy atom. The molecule has 0 aromatic heterocycles. The molecule has 0 fully saturated rings. The Kier molecular flexibility index (Phi) is 11.7. The summed E-state index contributed by atoms with van der Waals surface area (Å²) in [6.45, 7) is 2.59. The van der Waals surface area contributed by atoms with Crippen molar-refractivity contribution in [1.82, 2.24) is 0 Å². The van der Waals surface area contributed by atoms with Gasteiger partial charge < -0.3 is 4.74 Å². The average Bonchev–Trinajstić information content (AvgIpc) is 2.54. The smallest absolute Gasteiger partial charge is 0.306 e. The van der Waals surface area contributed by atoms with Gasteiger partial charge in [0.15, 0.2) is 0 Å². The molecule has 0 spiro atoms. The van der Waals surface area contributed by atoms with Gasteiger partial charge in [-0.25, -0.2) is 0 Å². The number of carbonyl (C=O) groups excluding carboxylic acids is 1. The molecular weight excluding hydrogens is 420 g/mol. The molecule has 4 heteroatoms. The average molecular weight is 448 g/mol. The van der Waals surface area contributed by atoms with E-state index in [0.29, 0.717) is 13.0 Å². The van der Waals surface area contributed by atoms with Crippen molar-refractivity contribution in [1.29, 1.82) is 0 Å². The molecule has 0 bridgehead atoms. The molecular formula is C19H28Br2O2. The zero-order chi connectivity index (χ0) is 16.9. The third-order valence-corrected chi connectivity index (χ3v) is 5.75. The number of unbranched alkanes of at least 4 members (excludes halogenated alkanes) is 8. The van der Waals surface area contributed by atoms with Crippen LogP contribution >= 0.6 is 31.9 Å². The highest BCUT2D eigenvalue weighted by molar-refractivity contribution is 9.13. The largest absolute Gasteiger partial charge is 0.461 e. The molecule has 0 aliphatic rings. The first-order valence-corrected chi connectivity index (χ1v) is 10.3. The van der Waals surface area contributed by atoms with Gasteiger partial charge in [-0.1, -0.05) is 64.4 Å². The molecule has 2 nitrogen and oxygen atoms in total. The summed E-state index contributed by atoms with van der Waals surface area (Å²) < 4.78 is 7.30. The summed E-state index contributed by atoms with van der Waals surface area (Å²) in [5.41, 5.74) is 1.00. The molecule has 0 saturated heterocycles. The first-order chi connectivity index (χ1) is 11.1. The fourth-order valence-electron chi connectivity index (χ4n) is 2.45. The van der Waals surface area contributed by atoms with E-state index in [1.807, 2.05) is 18.2 Å². The van der Waals surface area contributed by atoms with Gasteiger partial charge in [-0.3, -0.25) is 4.79 Å². The van der Waals surface area contributed by atoms with Crippen LogP contribution in [0.25, 0.3) is 0 Å². The summed E-state index contributed by atoms with van der Waals surface area (Å²) in [7, 11) is 0. The molecule has 0 aliphatic carbocycles. The van der Waals surface area contributed by atoms with E-state index < -0.39 is 0 Å².